The van der Waals surface area contributed by atoms with Crippen LogP contribution in [0.3, 0.4) is 0 Å². The number of β-lactam (4-membered cyclic amide) rings is 1. The Hall–Kier alpha value is -1.85. The van der Waals surface area contributed by atoms with Crippen LogP contribution in [0.4, 0.5) is 5.13 Å². The van der Waals surface area contributed by atoms with E-state index in [0.29, 0.717) is 5.25 Å². The van der Waals surface area contributed by atoms with E-state index in [4.69, 9.17) is 16.4 Å². The number of carbonyl (C=O) groups is 3. The number of nitrogens with zero attached hydrogens (tertiary/aromatic N) is 2. The van der Waals surface area contributed by atoms with Gasteiger partial charge in [-0.1, -0.05) is 19.0 Å². The summed E-state index contributed by atoms with van der Waals surface area (Å²) < 4.78 is 0. The summed E-state index contributed by atoms with van der Waals surface area (Å²) in [6.45, 7) is 4.00. The van der Waals surface area contributed by atoms with Crippen LogP contribution in [0.1, 0.15) is 19.5 Å². The van der Waals surface area contributed by atoms with E-state index >= 15 is 0 Å². The Balaban J connectivity index is 2.09. The van der Waals surface area contributed by atoms with Crippen LogP contribution >= 0.6 is 34.7 Å². The van der Waals surface area contributed by atoms with Crippen molar-refractivity contribution >= 4 is 63.3 Å². The van der Waals surface area contributed by atoms with Crippen molar-refractivity contribution in [3.05, 3.63) is 11.1 Å². The summed E-state index contributed by atoms with van der Waals surface area (Å²) in [5.41, 5.74) is 0.120. The van der Waals surface area contributed by atoms with E-state index in [2.05, 4.69) is 26.1 Å². The molecule has 1 aliphatic rings. The molecule has 0 unspecified atom stereocenters. The number of oxime groups is 1. The Morgan fingerprint density at radius 2 is 2.27 bits per heavy atom. The molecule has 1 aliphatic heterocycles. The smallest absolute Gasteiger partial charge is 0.276 e. The second kappa shape index (κ2) is 9.19. The van der Waals surface area contributed by atoms with Gasteiger partial charge < -0.3 is 20.8 Å². The van der Waals surface area contributed by atoms with E-state index in [9.17, 15) is 14.4 Å². The standard InChI is InChI=1S/C14H18ClN5O4S2/c1-6(2)26-13-10(12(23)19-13)18-11(22)9(20-24-3)7-5-25-14(16-7)17-8(21)4-15/h5-6,10,13H,4H2,1-3H3,(H,18,22)(H,19,23)(H,16,17,21)/t10-,13+/m1/s1. The number of thioether (sulfide) groups is 1. The van der Waals surface area contributed by atoms with Crippen LogP contribution in [-0.2, 0) is 19.2 Å². The molecular formula is C14H18ClN5O4S2. The van der Waals surface area contributed by atoms with Gasteiger partial charge in [-0.05, 0) is 0 Å². The summed E-state index contributed by atoms with van der Waals surface area (Å²) in [4.78, 5) is 44.5. The van der Waals surface area contributed by atoms with Crippen LogP contribution in [0.25, 0.3) is 0 Å². The van der Waals surface area contributed by atoms with Crippen molar-refractivity contribution in [1.29, 1.82) is 0 Å². The fourth-order valence-electron chi connectivity index (χ4n) is 2.00. The van der Waals surface area contributed by atoms with Gasteiger partial charge in [-0.15, -0.1) is 34.7 Å². The molecule has 9 nitrogen and oxygen atoms in total. The second-order valence-corrected chi connectivity index (χ2v) is 8.26. The number of thiazole rings is 1. The van der Waals surface area contributed by atoms with E-state index in [1.54, 1.807) is 5.38 Å². The molecule has 0 aliphatic carbocycles. The molecule has 1 saturated heterocycles. The number of hydrogen-bond donors (Lipinski definition) is 3. The van der Waals surface area contributed by atoms with Gasteiger partial charge in [-0.3, -0.25) is 14.4 Å². The first-order chi connectivity index (χ1) is 12.3. The van der Waals surface area contributed by atoms with Crippen molar-refractivity contribution in [2.24, 2.45) is 5.16 Å². The molecule has 1 aromatic rings. The fraction of sp³-hybridized carbons (Fsp3) is 0.500. The molecular weight excluding hydrogens is 402 g/mol. The third-order valence-electron chi connectivity index (χ3n) is 3.09. The molecule has 1 aromatic heterocycles. The minimum atomic E-state index is -0.661. The molecule has 0 radical (unpaired) electrons. The monoisotopic (exact) mass is 419 g/mol. The van der Waals surface area contributed by atoms with Gasteiger partial charge in [0.15, 0.2) is 10.8 Å². The van der Waals surface area contributed by atoms with Crippen LogP contribution < -0.4 is 16.0 Å². The molecule has 1 fully saturated rings. The van der Waals surface area contributed by atoms with E-state index in [-0.39, 0.29) is 33.7 Å². The molecule has 0 saturated carbocycles. The molecule has 3 amide bonds. The summed E-state index contributed by atoms with van der Waals surface area (Å²) in [5, 5.41) is 13.5. The Labute approximate surface area is 163 Å². The van der Waals surface area contributed by atoms with Gasteiger partial charge in [0.25, 0.3) is 5.91 Å². The maximum atomic E-state index is 12.5. The highest BCUT2D eigenvalue weighted by Gasteiger charge is 2.42. The number of halogens is 1. The first-order valence-electron chi connectivity index (χ1n) is 7.55. The lowest BCUT2D eigenvalue weighted by atomic mass is 10.1. The number of hydrogen-bond acceptors (Lipinski definition) is 8. The van der Waals surface area contributed by atoms with Crippen LogP contribution in [0, 0.1) is 0 Å². The van der Waals surface area contributed by atoms with Gasteiger partial charge in [0.05, 0.1) is 0 Å². The van der Waals surface area contributed by atoms with Crippen molar-refractivity contribution in [1.82, 2.24) is 15.6 Å². The first kappa shape index (κ1) is 20.5. The van der Waals surface area contributed by atoms with E-state index in [1.165, 1.54) is 18.9 Å². The lowest BCUT2D eigenvalue weighted by Gasteiger charge is -2.37. The fourth-order valence-corrected chi connectivity index (χ4v) is 3.90. The van der Waals surface area contributed by atoms with Gasteiger partial charge in [-0.25, -0.2) is 4.98 Å². The van der Waals surface area contributed by atoms with Gasteiger partial charge >= 0.3 is 0 Å². The molecule has 0 aromatic carbocycles. The molecule has 0 spiro atoms. The van der Waals surface area contributed by atoms with Gasteiger partial charge in [0, 0.05) is 10.6 Å². The molecule has 2 rings (SSSR count). The highest BCUT2D eigenvalue weighted by Crippen LogP contribution is 2.24. The quantitative estimate of drug-likeness (QED) is 0.247. The SMILES string of the molecule is CON=C(C(=O)N[C@@H]1C(=O)N[C@H]1SC(C)C)c1csc(NC(=O)CCl)n1. The number of carbonyl (C=O) groups excluding carboxylic acids is 3. The number of aromatic nitrogens is 1. The summed E-state index contributed by atoms with van der Waals surface area (Å²) in [7, 11) is 1.29. The Morgan fingerprint density at radius 3 is 2.85 bits per heavy atom. The van der Waals surface area contributed by atoms with Crippen molar-refractivity contribution in [2.75, 3.05) is 18.3 Å². The van der Waals surface area contributed by atoms with Crippen LogP contribution in [0.5, 0.6) is 0 Å². The lowest BCUT2D eigenvalue weighted by Crippen LogP contribution is -2.68. The Kier molecular flexibility index (Phi) is 7.23. The van der Waals surface area contributed by atoms with Gasteiger partial charge in [-0.2, -0.15) is 0 Å². The maximum Gasteiger partial charge on any atom is 0.276 e. The normalized spacial score (nSPS) is 19.6. The third-order valence-corrected chi connectivity index (χ3v) is 5.32. The number of rotatable bonds is 8. The minimum Gasteiger partial charge on any atom is -0.398 e. The van der Waals surface area contributed by atoms with Crippen LogP contribution in [0.2, 0.25) is 0 Å². The largest absolute Gasteiger partial charge is 0.398 e. The van der Waals surface area contributed by atoms with E-state index in [1.807, 2.05) is 13.8 Å². The Bertz CT molecular complexity index is 724. The van der Waals surface area contributed by atoms with Crippen LogP contribution in [-0.4, -0.2) is 58.1 Å². The zero-order valence-electron chi connectivity index (χ0n) is 14.2. The number of alkyl halides is 1. The van der Waals surface area contributed by atoms with Crippen molar-refractivity contribution < 1.29 is 19.2 Å². The predicted molar refractivity (Wildman–Crippen MR) is 102 cm³/mol. The van der Waals surface area contributed by atoms with E-state index < -0.39 is 17.9 Å². The second-order valence-electron chi connectivity index (χ2n) is 5.41. The summed E-state index contributed by atoms with van der Waals surface area (Å²) in [6.07, 6.45) is 0. The van der Waals surface area contributed by atoms with Crippen molar-refractivity contribution in [2.45, 2.75) is 30.5 Å². The third kappa shape index (κ3) is 5.08. The maximum absolute atomic E-state index is 12.5. The molecule has 26 heavy (non-hydrogen) atoms. The number of nitrogens with one attached hydrogen (secondary N) is 3. The van der Waals surface area contributed by atoms with Crippen molar-refractivity contribution in [3.63, 3.8) is 0 Å². The predicted octanol–water partition coefficient (Wildman–Crippen LogP) is 0.753. The van der Waals surface area contributed by atoms with Crippen LogP contribution in [0.15, 0.2) is 10.5 Å². The van der Waals surface area contributed by atoms with Gasteiger partial charge in [0.2, 0.25) is 11.8 Å². The highest BCUT2D eigenvalue weighted by atomic mass is 35.5. The average molecular weight is 420 g/mol. The molecule has 0 bridgehead atoms. The molecule has 12 heteroatoms. The molecule has 2 heterocycles. The number of amides is 3. The zero-order chi connectivity index (χ0) is 19.3. The lowest BCUT2D eigenvalue weighted by molar-refractivity contribution is -0.132. The topological polar surface area (TPSA) is 122 Å². The van der Waals surface area contributed by atoms with Gasteiger partial charge in [0.1, 0.15) is 30.1 Å². The van der Waals surface area contributed by atoms with E-state index in [0.717, 1.165) is 11.3 Å². The summed E-state index contributed by atoms with van der Waals surface area (Å²) in [6, 6.07) is -0.661. The molecule has 3 N–H and O–H groups in total. The first-order valence-corrected chi connectivity index (χ1v) is 9.91. The van der Waals surface area contributed by atoms with Crippen molar-refractivity contribution in [3.8, 4) is 0 Å². The number of anilines is 1. The average Bonchev–Trinajstić information content (AvgIpc) is 3.04. The summed E-state index contributed by atoms with van der Waals surface area (Å²) >= 11 is 8.08. The minimum absolute atomic E-state index is 0.0943. The Morgan fingerprint density at radius 1 is 1.54 bits per heavy atom. The summed E-state index contributed by atoms with van der Waals surface area (Å²) in [5.74, 6) is -1.48. The molecule has 142 valence electrons. The zero-order valence-corrected chi connectivity index (χ0v) is 16.6. The molecule has 2 atom stereocenters. The highest BCUT2D eigenvalue weighted by molar-refractivity contribution is 8.00.